The van der Waals surface area contributed by atoms with Crippen molar-refractivity contribution in [1.82, 2.24) is 4.57 Å². The van der Waals surface area contributed by atoms with E-state index in [2.05, 4.69) is 0 Å². The van der Waals surface area contributed by atoms with E-state index in [0.29, 0.717) is 0 Å². The summed E-state index contributed by atoms with van der Waals surface area (Å²) >= 11 is 0. The Balaban J connectivity index is 2.06. The maximum Gasteiger partial charge on any atom is 0.194 e. The second kappa shape index (κ2) is 4.15. The summed E-state index contributed by atoms with van der Waals surface area (Å²) in [5.41, 5.74) is 1.47. The second-order valence-corrected chi connectivity index (χ2v) is 4.46. The molecule has 88 valence electrons. The second-order valence-electron chi connectivity index (χ2n) is 4.46. The zero-order chi connectivity index (χ0) is 12.5. The minimum absolute atomic E-state index is 0.0707. The van der Waals surface area contributed by atoms with Crippen LogP contribution in [0.5, 0.6) is 0 Å². The lowest BCUT2D eigenvalue weighted by Gasteiger charge is -2.01. The number of hydrogen-bond acceptors (Lipinski definition) is 1. The van der Waals surface area contributed by atoms with Crippen molar-refractivity contribution in [2.24, 2.45) is 7.05 Å². The molecule has 0 fully saturated rings. The van der Waals surface area contributed by atoms with Gasteiger partial charge in [-0.1, -0.05) is 36.4 Å². The summed E-state index contributed by atoms with van der Waals surface area (Å²) < 4.78 is 1.88. The van der Waals surface area contributed by atoms with Gasteiger partial charge in [0.25, 0.3) is 0 Å². The Labute approximate surface area is 105 Å². The summed E-state index contributed by atoms with van der Waals surface area (Å²) in [6.45, 7) is 0. The van der Waals surface area contributed by atoms with Crippen molar-refractivity contribution in [2.75, 3.05) is 0 Å². The fourth-order valence-corrected chi connectivity index (χ4v) is 2.13. The van der Waals surface area contributed by atoms with Gasteiger partial charge in [0.05, 0.1) is 0 Å². The third-order valence-corrected chi connectivity index (χ3v) is 3.11. The molecular weight excluding hydrogens is 222 g/mol. The van der Waals surface area contributed by atoms with Crippen molar-refractivity contribution in [3.05, 3.63) is 72.1 Å². The molecule has 2 heteroatoms. The molecule has 0 aliphatic carbocycles. The molecule has 0 saturated carbocycles. The van der Waals surface area contributed by atoms with E-state index in [1.54, 1.807) is 0 Å². The summed E-state index contributed by atoms with van der Waals surface area (Å²) in [5.74, 6) is 0.0707. The number of nitrogens with zero attached hydrogens (tertiary/aromatic N) is 1. The number of hydrogen-bond donors (Lipinski definition) is 0. The van der Waals surface area contributed by atoms with Gasteiger partial charge in [-0.05, 0) is 22.9 Å². The van der Waals surface area contributed by atoms with E-state index in [0.717, 1.165) is 21.9 Å². The van der Waals surface area contributed by atoms with E-state index in [-0.39, 0.29) is 5.78 Å². The first-order chi connectivity index (χ1) is 8.74. The van der Waals surface area contributed by atoms with Gasteiger partial charge >= 0.3 is 0 Å². The van der Waals surface area contributed by atoms with Crippen LogP contribution >= 0.6 is 0 Å². The van der Waals surface area contributed by atoms with Crippen LogP contribution < -0.4 is 0 Å². The largest absolute Gasteiger partial charge is 0.357 e. The Bertz CT molecular complexity index is 725. The molecule has 0 unspecified atom stereocenters. The lowest BCUT2D eigenvalue weighted by molar-refractivity contribution is 0.103. The van der Waals surface area contributed by atoms with Gasteiger partial charge in [-0.3, -0.25) is 4.79 Å². The van der Waals surface area contributed by atoms with E-state index in [1.807, 2.05) is 72.5 Å². The predicted octanol–water partition coefficient (Wildman–Crippen LogP) is 3.41. The minimum atomic E-state index is 0.0707. The van der Waals surface area contributed by atoms with E-state index >= 15 is 0 Å². The smallest absolute Gasteiger partial charge is 0.194 e. The number of ketones is 1. The van der Waals surface area contributed by atoms with Crippen molar-refractivity contribution in [3.8, 4) is 0 Å². The number of aryl methyl sites for hydroxylation is 1. The molecule has 18 heavy (non-hydrogen) atoms. The summed E-state index contributed by atoms with van der Waals surface area (Å²) in [6, 6.07) is 15.7. The molecule has 1 aromatic heterocycles. The Morgan fingerprint density at radius 1 is 0.944 bits per heavy atom. The first-order valence-corrected chi connectivity index (χ1v) is 5.89. The maximum absolute atomic E-state index is 12.3. The van der Waals surface area contributed by atoms with Gasteiger partial charge in [0, 0.05) is 30.6 Å². The number of aromatic nitrogens is 1. The van der Waals surface area contributed by atoms with Crippen LogP contribution in [0.1, 0.15) is 15.9 Å². The zero-order valence-corrected chi connectivity index (χ0v) is 10.1. The highest BCUT2D eigenvalue weighted by Crippen LogP contribution is 2.18. The average Bonchev–Trinajstić information content (AvgIpc) is 2.84. The molecular formula is C16H13NO. The van der Waals surface area contributed by atoms with Crippen LogP contribution in [-0.4, -0.2) is 10.4 Å². The number of rotatable bonds is 2. The normalized spacial score (nSPS) is 10.7. The molecule has 0 amide bonds. The van der Waals surface area contributed by atoms with Gasteiger partial charge in [0.1, 0.15) is 0 Å². The van der Waals surface area contributed by atoms with Crippen molar-refractivity contribution in [2.45, 2.75) is 0 Å². The summed E-state index contributed by atoms with van der Waals surface area (Å²) in [5, 5.41) is 2.25. The third kappa shape index (κ3) is 1.82. The molecule has 0 spiro atoms. The monoisotopic (exact) mass is 235 g/mol. The molecule has 0 radical (unpaired) electrons. The van der Waals surface area contributed by atoms with E-state index in [4.69, 9.17) is 0 Å². The number of carbonyl (C=O) groups excluding carboxylic acids is 1. The highest BCUT2D eigenvalue weighted by atomic mass is 16.1. The topological polar surface area (TPSA) is 22.0 Å². The zero-order valence-electron chi connectivity index (χ0n) is 10.1. The molecule has 3 aromatic rings. The fraction of sp³-hybridized carbons (Fsp3) is 0.0625. The van der Waals surface area contributed by atoms with Crippen molar-refractivity contribution in [1.29, 1.82) is 0 Å². The van der Waals surface area contributed by atoms with Gasteiger partial charge in [0.2, 0.25) is 0 Å². The molecule has 0 aliphatic rings. The van der Waals surface area contributed by atoms with Crippen molar-refractivity contribution >= 4 is 16.6 Å². The molecule has 1 heterocycles. The molecule has 0 saturated heterocycles. The molecule has 0 aliphatic heterocycles. The van der Waals surface area contributed by atoms with Crippen LogP contribution in [0.25, 0.3) is 10.8 Å². The van der Waals surface area contributed by atoms with Gasteiger partial charge in [-0.25, -0.2) is 0 Å². The minimum Gasteiger partial charge on any atom is -0.357 e. The summed E-state index contributed by atoms with van der Waals surface area (Å²) in [6.07, 6.45) is 3.73. The quantitative estimate of drug-likeness (QED) is 0.624. The van der Waals surface area contributed by atoms with Crippen molar-refractivity contribution < 1.29 is 4.79 Å². The molecule has 0 N–H and O–H groups in total. The van der Waals surface area contributed by atoms with E-state index in [9.17, 15) is 4.79 Å². The SMILES string of the molecule is Cn1ccc(C(=O)c2ccc3ccccc3c2)c1. The standard InChI is InChI=1S/C16H13NO/c1-17-9-8-15(11-17)16(18)14-7-6-12-4-2-3-5-13(12)10-14/h2-11H,1H3. The fourth-order valence-electron chi connectivity index (χ4n) is 2.13. The van der Waals surface area contributed by atoms with Crippen LogP contribution in [0, 0.1) is 0 Å². The highest BCUT2D eigenvalue weighted by molar-refractivity contribution is 6.10. The van der Waals surface area contributed by atoms with E-state index in [1.165, 1.54) is 0 Å². The maximum atomic E-state index is 12.3. The first-order valence-electron chi connectivity index (χ1n) is 5.89. The predicted molar refractivity (Wildman–Crippen MR) is 72.8 cm³/mol. The van der Waals surface area contributed by atoms with Crippen LogP contribution in [0.15, 0.2) is 60.9 Å². The molecule has 3 rings (SSSR count). The van der Waals surface area contributed by atoms with Crippen LogP contribution in [0.3, 0.4) is 0 Å². The number of benzene rings is 2. The summed E-state index contributed by atoms with van der Waals surface area (Å²) in [4.78, 5) is 12.3. The Kier molecular flexibility index (Phi) is 2.49. The van der Waals surface area contributed by atoms with Crippen LogP contribution in [-0.2, 0) is 7.05 Å². The lowest BCUT2D eigenvalue weighted by atomic mass is 10.0. The van der Waals surface area contributed by atoms with Crippen LogP contribution in [0.2, 0.25) is 0 Å². The highest BCUT2D eigenvalue weighted by Gasteiger charge is 2.10. The first kappa shape index (κ1) is 10.8. The van der Waals surface area contributed by atoms with Gasteiger partial charge in [0.15, 0.2) is 5.78 Å². The summed E-state index contributed by atoms with van der Waals surface area (Å²) in [7, 11) is 1.91. The Morgan fingerprint density at radius 3 is 2.44 bits per heavy atom. The van der Waals surface area contributed by atoms with Crippen molar-refractivity contribution in [3.63, 3.8) is 0 Å². The number of fused-ring (bicyclic) bond motifs is 1. The third-order valence-electron chi connectivity index (χ3n) is 3.11. The van der Waals surface area contributed by atoms with E-state index < -0.39 is 0 Å². The average molecular weight is 235 g/mol. The molecule has 0 atom stereocenters. The molecule has 2 aromatic carbocycles. The molecule has 2 nitrogen and oxygen atoms in total. The van der Waals surface area contributed by atoms with Crippen LogP contribution in [0.4, 0.5) is 0 Å². The Morgan fingerprint density at radius 2 is 1.72 bits per heavy atom. The van der Waals surface area contributed by atoms with Gasteiger partial charge in [-0.15, -0.1) is 0 Å². The Hall–Kier alpha value is -2.35. The van der Waals surface area contributed by atoms with Gasteiger partial charge in [-0.2, -0.15) is 0 Å². The lowest BCUT2D eigenvalue weighted by Crippen LogP contribution is -1.99. The molecule has 0 bridgehead atoms. The van der Waals surface area contributed by atoms with Gasteiger partial charge < -0.3 is 4.57 Å². The number of carbonyl (C=O) groups is 1.